The molecule has 1 aromatic carbocycles. The molecule has 2 rings (SSSR count). The Morgan fingerprint density at radius 3 is 2.59 bits per heavy atom. The summed E-state index contributed by atoms with van der Waals surface area (Å²) in [7, 11) is 0. The molecule has 0 bridgehead atoms. The Labute approximate surface area is 97.9 Å². The first kappa shape index (κ1) is 11.7. The van der Waals surface area contributed by atoms with Crippen LogP contribution < -0.4 is 5.32 Å². The lowest BCUT2D eigenvalue weighted by atomic mass is 10.1. The van der Waals surface area contributed by atoms with Crippen LogP contribution in [0.3, 0.4) is 0 Å². The van der Waals surface area contributed by atoms with Crippen LogP contribution in [0.2, 0.25) is 0 Å². The number of halogens is 2. The van der Waals surface area contributed by atoms with Gasteiger partial charge in [0.1, 0.15) is 17.5 Å². The summed E-state index contributed by atoms with van der Waals surface area (Å²) in [5, 5.41) is 3.14. The zero-order valence-electron chi connectivity index (χ0n) is 9.21. The van der Waals surface area contributed by atoms with Crippen molar-refractivity contribution in [2.24, 2.45) is 0 Å². The molecule has 0 spiro atoms. The van der Waals surface area contributed by atoms with Gasteiger partial charge in [-0.15, -0.1) is 0 Å². The first-order valence-electron chi connectivity index (χ1n) is 5.38. The SMILES string of the molecule is Fc1cc(F)cc(CCNCc2ncc[nH]2)c1. The van der Waals surface area contributed by atoms with Crippen LogP contribution in [0.25, 0.3) is 0 Å². The summed E-state index contributed by atoms with van der Waals surface area (Å²) in [5.41, 5.74) is 0.648. The molecule has 0 unspecified atom stereocenters. The summed E-state index contributed by atoms with van der Waals surface area (Å²) in [6.07, 6.45) is 4.01. The minimum absolute atomic E-state index is 0.536. The van der Waals surface area contributed by atoms with E-state index in [1.165, 1.54) is 12.1 Å². The van der Waals surface area contributed by atoms with Crippen molar-refractivity contribution in [2.45, 2.75) is 13.0 Å². The Balaban J connectivity index is 1.78. The van der Waals surface area contributed by atoms with E-state index in [9.17, 15) is 8.78 Å². The third-order valence-electron chi connectivity index (χ3n) is 2.36. The molecule has 0 amide bonds. The lowest BCUT2D eigenvalue weighted by Gasteiger charge is -2.03. The molecule has 3 nitrogen and oxygen atoms in total. The summed E-state index contributed by atoms with van der Waals surface area (Å²) < 4.78 is 25.8. The summed E-state index contributed by atoms with van der Waals surface area (Å²) in [6, 6.07) is 3.56. The van der Waals surface area contributed by atoms with Crippen molar-refractivity contribution in [3.63, 3.8) is 0 Å². The summed E-state index contributed by atoms with van der Waals surface area (Å²) in [6.45, 7) is 1.26. The standard InChI is InChI=1S/C12H13F2N3/c13-10-5-9(6-11(14)7-10)1-2-15-8-12-16-3-4-17-12/h3-7,15H,1-2,8H2,(H,16,17). The van der Waals surface area contributed by atoms with E-state index in [1.807, 2.05) is 0 Å². The van der Waals surface area contributed by atoms with E-state index in [2.05, 4.69) is 15.3 Å². The molecular weight excluding hydrogens is 224 g/mol. The number of aromatic nitrogens is 2. The van der Waals surface area contributed by atoms with Crippen molar-refractivity contribution in [1.29, 1.82) is 0 Å². The van der Waals surface area contributed by atoms with Crippen molar-refractivity contribution in [3.05, 3.63) is 53.6 Å². The fourth-order valence-electron chi connectivity index (χ4n) is 1.59. The average molecular weight is 237 g/mol. The molecular formula is C12H13F2N3. The smallest absolute Gasteiger partial charge is 0.126 e. The van der Waals surface area contributed by atoms with Gasteiger partial charge in [-0.2, -0.15) is 0 Å². The van der Waals surface area contributed by atoms with Crippen molar-refractivity contribution < 1.29 is 8.78 Å². The molecule has 0 radical (unpaired) electrons. The van der Waals surface area contributed by atoms with Gasteiger partial charge in [-0.05, 0) is 30.7 Å². The highest BCUT2D eigenvalue weighted by Crippen LogP contribution is 2.08. The largest absolute Gasteiger partial charge is 0.348 e. The summed E-state index contributed by atoms with van der Waals surface area (Å²) in [4.78, 5) is 7.01. The van der Waals surface area contributed by atoms with E-state index in [0.717, 1.165) is 11.9 Å². The van der Waals surface area contributed by atoms with Gasteiger partial charge in [0, 0.05) is 18.5 Å². The maximum absolute atomic E-state index is 12.9. The van der Waals surface area contributed by atoms with E-state index in [1.54, 1.807) is 12.4 Å². The monoisotopic (exact) mass is 237 g/mol. The minimum Gasteiger partial charge on any atom is -0.348 e. The molecule has 2 aromatic rings. The first-order valence-corrected chi connectivity index (χ1v) is 5.38. The van der Waals surface area contributed by atoms with E-state index in [0.29, 0.717) is 25.1 Å². The second-order valence-corrected chi connectivity index (χ2v) is 3.74. The van der Waals surface area contributed by atoms with Gasteiger partial charge in [-0.1, -0.05) is 0 Å². The van der Waals surface area contributed by atoms with Crippen LogP contribution in [-0.4, -0.2) is 16.5 Å². The molecule has 17 heavy (non-hydrogen) atoms. The van der Waals surface area contributed by atoms with Crippen LogP contribution >= 0.6 is 0 Å². The number of benzene rings is 1. The molecule has 90 valence electrons. The van der Waals surface area contributed by atoms with Gasteiger partial charge >= 0.3 is 0 Å². The molecule has 0 atom stereocenters. The molecule has 0 saturated carbocycles. The van der Waals surface area contributed by atoms with E-state index in [4.69, 9.17) is 0 Å². The predicted octanol–water partition coefficient (Wildman–Crippen LogP) is 2.02. The third kappa shape index (κ3) is 3.64. The van der Waals surface area contributed by atoms with Crippen molar-refractivity contribution in [2.75, 3.05) is 6.54 Å². The van der Waals surface area contributed by atoms with Gasteiger partial charge in [0.2, 0.25) is 0 Å². The summed E-state index contributed by atoms with van der Waals surface area (Å²) >= 11 is 0. The molecule has 0 aliphatic heterocycles. The van der Waals surface area contributed by atoms with Crippen LogP contribution in [0.4, 0.5) is 8.78 Å². The minimum atomic E-state index is -0.536. The number of hydrogen-bond donors (Lipinski definition) is 2. The molecule has 2 N–H and O–H groups in total. The second-order valence-electron chi connectivity index (χ2n) is 3.74. The maximum atomic E-state index is 12.9. The Bertz CT molecular complexity index is 448. The molecule has 1 heterocycles. The number of H-pyrrole nitrogens is 1. The quantitative estimate of drug-likeness (QED) is 0.781. The fraction of sp³-hybridized carbons (Fsp3) is 0.250. The molecule has 0 saturated heterocycles. The Morgan fingerprint density at radius 2 is 1.94 bits per heavy atom. The normalized spacial score (nSPS) is 10.7. The zero-order chi connectivity index (χ0) is 12.1. The number of aromatic amines is 1. The summed E-state index contributed by atoms with van der Waals surface area (Å²) in [5.74, 6) is -0.229. The Kier molecular flexibility index (Phi) is 3.82. The molecule has 1 aromatic heterocycles. The lowest BCUT2D eigenvalue weighted by Crippen LogP contribution is -2.17. The zero-order valence-corrected chi connectivity index (χ0v) is 9.21. The lowest BCUT2D eigenvalue weighted by molar-refractivity contribution is 0.577. The van der Waals surface area contributed by atoms with Crippen molar-refractivity contribution in [3.8, 4) is 0 Å². The third-order valence-corrected chi connectivity index (χ3v) is 2.36. The highest BCUT2D eigenvalue weighted by Gasteiger charge is 2.00. The molecule has 0 aliphatic rings. The number of nitrogens with zero attached hydrogens (tertiary/aromatic N) is 1. The van der Waals surface area contributed by atoms with Crippen LogP contribution in [-0.2, 0) is 13.0 Å². The molecule has 0 aliphatic carbocycles. The number of imidazole rings is 1. The van der Waals surface area contributed by atoms with E-state index >= 15 is 0 Å². The highest BCUT2D eigenvalue weighted by atomic mass is 19.1. The van der Waals surface area contributed by atoms with Gasteiger partial charge in [-0.25, -0.2) is 13.8 Å². The number of nitrogens with one attached hydrogen (secondary N) is 2. The van der Waals surface area contributed by atoms with Crippen LogP contribution in [0.5, 0.6) is 0 Å². The van der Waals surface area contributed by atoms with Gasteiger partial charge in [-0.3, -0.25) is 0 Å². The van der Waals surface area contributed by atoms with E-state index < -0.39 is 11.6 Å². The topological polar surface area (TPSA) is 40.7 Å². The van der Waals surface area contributed by atoms with Gasteiger partial charge in [0.15, 0.2) is 0 Å². The van der Waals surface area contributed by atoms with Gasteiger partial charge in [0.05, 0.1) is 6.54 Å². The second kappa shape index (κ2) is 5.54. The van der Waals surface area contributed by atoms with Crippen LogP contribution in [0.15, 0.2) is 30.6 Å². The average Bonchev–Trinajstić information content (AvgIpc) is 2.76. The number of hydrogen-bond acceptors (Lipinski definition) is 2. The van der Waals surface area contributed by atoms with Crippen LogP contribution in [0, 0.1) is 11.6 Å². The highest BCUT2D eigenvalue weighted by molar-refractivity contribution is 5.18. The van der Waals surface area contributed by atoms with Crippen molar-refractivity contribution in [1.82, 2.24) is 15.3 Å². The van der Waals surface area contributed by atoms with Gasteiger partial charge < -0.3 is 10.3 Å². The fourth-order valence-corrected chi connectivity index (χ4v) is 1.59. The van der Waals surface area contributed by atoms with Crippen molar-refractivity contribution >= 4 is 0 Å². The Morgan fingerprint density at radius 1 is 1.18 bits per heavy atom. The predicted molar refractivity (Wildman–Crippen MR) is 60.4 cm³/mol. The van der Waals surface area contributed by atoms with Gasteiger partial charge in [0.25, 0.3) is 0 Å². The number of rotatable bonds is 5. The molecule has 5 heteroatoms. The first-order chi connectivity index (χ1) is 8.24. The van der Waals surface area contributed by atoms with E-state index in [-0.39, 0.29) is 0 Å². The molecule has 0 fully saturated rings. The Hall–Kier alpha value is -1.75. The van der Waals surface area contributed by atoms with Crippen LogP contribution in [0.1, 0.15) is 11.4 Å². The maximum Gasteiger partial charge on any atom is 0.126 e.